The molecule has 0 aliphatic carbocycles. The minimum absolute atomic E-state index is 0.0990. The first-order chi connectivity index (χ1) is 35.5. The Morgan fingerprint density at radius 3 is 0.861 bits per heavy atom. The van der Waals surface area contributed by atoms with Crippen LogP contribution in [-0.2, 0) is 28.6 Å². The normalized spacial score (nSPS) is 13.1. The number of carbonyl (C=O) groups excluding carboxylic acids is 3. The van der Waals surface area contributed by atoms with Crippen LogP contribution in [0.4, 0.5) is 0 Å². The molecule has 0 aromatic rings. The van der Waals surface area contributed by atoms with E-state index in [1.54, 1.807) is 0 Å². The number of rotatable bonds is 51. The number of unbranched alkanes of at least 4 members (excludes halogenated alkanes) is 18. The average Bonchev–Trinajstić information content (AvgIpc) is 3.38. The number of carbonyl (C=O) groups is 3. The highest BCUT2D eigenvalue weighted by atomic mass is 16.6. The molecule has 0 aromatic heterocycles. The van der Waals surface area contributed by atoms with Crippen LogP contribution in [0.1, 0.15) is 245 Å². The summed E-state index contributed by atoms with van der Waals surface area (Å²) in [5.74, 6) is -0.952. The van der Waals surface area contributed by atoms with Crippen LogP contribution in [0, 0.1) is 0 Å². The Morgan fingerprint density at radius 2 is 0.542 bits per heavy atom. The second-order valence-electron chi connectivity index (χ2n) is 18.8. The lowest BCUT2D eigenvalue weighted by Crippen LogP contribution is -2.30. The molecular formula is C66H106O6. The van der Waals surface area contributed by atoms with E-state index in [9.17, 15) is 14.4 Å². The van der Waals surface area contributed by atoms with E-state index in [4.69, 9.17) is 14.2 Å². The van der Waals surface area contributed by atoms with Crippen LogP contribution >= 0.6 is 0 Å². The van der Waals surface area contributed by atoms with Crippen molar-refractivity contribution >= 4 is 17.9 Å². The lowest BCUT2D eigenvalue weighted by molar-refractivity contribution is -0.167. The smallest absolute Gasteiger partial charge is 0.306 e. The molecule has 6 heteroatoms. The van der Waals surface area contributed by atoms with E-state index in [-0.39, 0.29) is 37.5 Å². The van der Waals surface area contributed by atoms with Crippen LogP contribution in [0.3, 0.4) is 0 Å². The maximum absolute atomic E-state index is 12.8. The third kappa shape index (κ3) is 56.5. The second kappa shape index (κ2) is 59.1. The molecule has 6 nitrogen and oxygen atoms in total. The molecule has 0 spiro atoms. The van der Waals surface area contributed by atoms with Crippen molar-refractivity contribution in [3.63, 3.8) is 0 Å². The standard InChI is InChI=1S/C66H106O6/c1-4-7-10-13-16-19-22-24-26-28-30-31-32-33-34-35-37-38-40-42-44-47-50-53-56-59-65(68)71-62-63(61-70-64(67)58-55-52-49-46-21-18-15-12-9-6-3)72-66(69)60-57-54-51-48-45-43-41-39-36-29-27-25-23-20-17-14-11-8-5-2/h7-8,10-11,16-17,19-20,24-27,30-31,33-34,36-39,43,45,63H,4-6,9,12-15,18,21-23,28-29,32,35,40-42,44,46-62H2,1-3H3/b10-7-,11-8-,19-16-,20-17-,26-24-,27-25-,31-30-,34-33-,38-37-,39-36-,45-43-. The highest BCUT2D eigenvalue weighted by Gasteiger charge is 2.19. The molecule has 0 N–H and O–H groups in total. The summed E-state index contributed by atoms with van der Waals surface area (Å²) in [7, 11) is 0. The number of hydrogen-bond acceptors (Lipinski definition) is 6. The van der Waals surface area contributed by atoms with Gasteiger partial charge in [0.15, 0.2) is 6.10 Å². The molecule has 72 heavy (non-hydrogen) atoms. The van der Waals surface area contributed by atoms with Gasteiger partial charge in [-0.2, -0.15) is 0 Å². The molecule has 0 aliphatic rings. The first-order valence-corrected chi connectivity index (χ1v) is 29.2. The van der Waals surface area contributed by atoms with Gasteiger partial charge in [-0.3, -0.25) is 14.4 Å². The van der Waals surface area contributed by atoms with Crippen LogP contribution in [-0.4, -0.2) is 37.2 Å². The Bertz CT molecular complexity index is 1560. The first kappa shape index (κ1) is 67.5. The molecule has 1 unspecified atom stereocenters. The van der Waals surface area contributed by atoms with Gasteiger partial charge in [-0.25, -0.2) is 0 Å². The molecule has 0 aliphatic heterocycles. The van der Waals surface area contributed by atoms with Crippen LogP contribution in [0.25, 0.3) is 0 Å². The van der Waals surface area contributed by atoms with Crippen molar-refractivity contribution in [3.8, 4) is 0 Å². The van der Waals surface area contributed by atoms with Gasteiger partial charge in [0.05, 0.1) is 0 Å². The van der Waals surface area contributed by atoms with Crippen LogP contribution in [0.5, 0.6) is 0 Å². The van der Waals surface area contributed by atoms with E-state index in [0.29, 0.717) is 12.8 Å². The zero-order valence-electron chi connectivity index (χ0n) is 46.4. The molecule has 0 saturated carbocycles. The summed E-state index contributed by atoms with van der Waals surface area (Å²) in [6.45, 7) is 6.35. The number of hydrogen-bond donors (Lipinski definition) is 0. The van der Waals surface area contributed by atoms with Crippen molar-refractivity contribution in [2.24, 2.45) is 0 Å². The Kier molecular flexibility index (Phi) is 55.5. The molecule has 0 fully saturated rings. The summed E-state index contributed by atoms with van der Waals surface area (Å²) >= 11 is 0. The van der Waals surface area contributed by atoms with Gasteiger partial charge in [0.1, 0.15) is 13.2 Å². The van der Waals surface area contributed by atoms with Crippen molar-refractivity contribution in [1.29, 1.82) is 0 Å². The van der Waals surface area contributed by atoms with E-state index >= 15 is 0 Å². The van der Waals surface area contributed by atoms with Gasteiger partial charge in [0.2, 0.25) is 0 Å². The minimum Gasteiger partial charge on any atom is -0.462 e. The molecule has 0 rings (SSSR count). The minimum atomic E-state index is -0.805. The summed E-state index contributed by atoms with van der Waals surface area (Å²) in [5, 5.41) is 0. The fourth-order valence-corrected chi connectivity index (χ4v) is 7.59. The third-order valence-corrected chi connectivity index (χ3v) is 11.9. The number of esters is 3. The highest BCUT2D eigenvalue weighted by molar-refractivity contribution is 5.71. The van der Waals surface area contributed by atoms with Crippen molar-refractivity contribution < 1.29 is 28.6 Å². The molecule has 0 radical (unpaired) electrons. The summed E-state index contributed by atoms with van der Waals surface area (Å²) in [6, 6.07) is 0. The Labute approximate surface area is 443 Å². The van der Waals surface area contributed by atoms with E-state index in [1.165, 1.54) is 57.8 Å². The van der Waals surface area contributed by atoms with Gasteiger partial charge < -0.3 is 14.2 Å². The lowest BCUT2D eigenvalue weighted by Gasteiger charge is -2.18. The predicted octanol–water partition coefficient (Wildman–Crippen LogP) is 19.8. The molecule has 0 aromatic carbocycles. The van der Waals surface area contributed by atoms with Crippen LogP contribution < -0.4 is 0 Å². The zero-order chi connectivity index (χ0) is 52.2. The van der Waals surface area contributed by atoms with Crippen LogP contribution in [0.2, 0.25) is 0 Å². The van der Waals surface area contributed by atoms with Gasteiger partial charge in [-0.15, -0.1) is 0 Å². The molecule has 1 atom stereocenters. The van der Waals surface area contributed by atoms with Gasteiger partial charge in [0.25, 0.3) is 0 Å². The van der Waals surface area contributed by atoms with Crippen molar-refractivity contribution in [2.45, 2.75) is 252 Å². The number of allylic oxidation sites excluding steroid dienone is 22. The summed E-state index contributed by atoms with van der Waals surface area (Å²) in [4.78, 5) is 38.1. The second-order valence-corrected chi connectivity index (χ2v) is 18.8. The van der Waals surface area contributed by atoms with Crippen molar-refractivity contribution in [1.82, 2.24) is 0 Å². The Morgan fingerprint density at radius 1 is 0.292 bits per heavy atom. The molecule has 406 valence electrons. The highest BCUT2D eigenvalue weighted by Crippen LogP contribution is 2.14. The fraction of sp³-hybridized carbons (Fsp3) is 0.621. The molecule has 0 heterocycles. The maximum atomic E-state index is 12.8. The quantitative estimate of drug-likeness (QED) is 0.0261. The van der Waals surface area contributed by atoms with E-state index < -0.39 is 6.10 Å². The SMILES string of the molecule is CC/C=C\C/C=C\C/C=C\C/C=C\C/C=C\C/C=C\CCCCCCCCC(=O)OCC(COC(=O)CCCCCCCCCCCC)OC(=O)CCCCC/C=C\C/C=C\C/C=C\C/C=C\C/C=C\CC. The van der Waals surface area contributed by atoms with Gasteiger partial charge in [-0.1, -0.05) is 244 Å². The third-order valence-electron chi connectivity index (χ3n) is 11.9. The lowest BCUT2D eigenvalue weighted by atomic mass is 10.1. The molecule has 0 amide bonds. The van der Waals surface area contributed by atoms with E-state index in [2.05, 4.69) is 154 Å². The molecule has 0 bridgehead atoms. The maximum Gasteiger partial charge on any atom is 0.306 e. The topological polar surface area (TPSA) is 78.9 Å². The van der Waals surface area contributed by atoms with Gasteiger partial charge in [0, 0.05) is 19.3 Å². The largest absolute Gasteiger partial charge is 0.462 e. The van der Waals surface area contributed by atoms with E-state index in [0.717, 1.165) is 148 Å². The Hall–Kier alpha value is -4.45. The van der Waals surface area contributed by atoms with Crippen molar-refractivity contribution in [2.75, 3.05) is 13.2 Å². The summed E-state index contributed by atoms with van der Waals surface area (Å²) < 4.78 is 16.8. The summed E-state index contributed by atoms with van der Waals surface area (Å²) in [6.07, 6.45) is 83.0. The fourth-order valence-electron chi connectivity index (χ4n) is 7.59. The van der Waals surface area contributed by atoms with Crippen molar-refractivity contribution in [3.05, 3.63) is 134 Å². The van der Waals surface area contributed by atoms with Gasteiger partial charge in [-0.05, 0) is 116 Å². The van der Waals surface area contributed by atoms with Gasteiger partial charge >= 0.3 is 17.9 Å². The van der Waals surface area contributed by atoms with E-state index in [1.807, 2.05) is 0 Å². The van der Waals surface area contributed by atoms with Crippen LogP contribution in [0.15, 0.2) is 134 Å². The molecular weight excluding hydrogens is 889 g/mol. The number of ether oxygens (including phenoxy) is 3. The zero-order valence-corrected chi connectivity index (χ0v) is 46.4. The Balaban J connectivity index is 4.40. The summed E-state index contributed by atoms with van der Waals surface area (Å²) in [5.41, 5.74) is 0. The molecule has 0 saturated heterocycles. The first-order valence-electron chi connectivity index (χ1n) is 29.2. The predicted molar refractivity (Wildman–Crippen MR) is 311 cm³/mol. The average molecular weight is 996 g/mol. The monoisotopic (exact) mass is 995 g/mol.